The van der Waals surface area contributed by atoms with Crippen molar-refractivity contribution in [3.8, 4) is 5.75 Å². The van der Waals surface area contributed by atoms with Gasteiger partial charge in [-0.3, -0.25) is 15.6 Å². The van der Waals surface area contributed by atoms with E-state index in [-0.39, 0.29) is 11.8 Å². The van der Waals surface area contributed by atoms with E-state index < -0.39 is 15.3 Å². The first-order chi connectivity index (χ1) is 7.99. The number of phenolic OH excluding ortho intramolecular Hbond substituents is 1. The van der Waals surface area contributed by atoms with Crippen LogP contribution in [0.2, 0.25) is 0 Å². The van der Waals surface area contributed by atoms with Gasteiger partial charge in [0.05, 0.1) is 5.69 Å². The van der Waals surface area contributed by atoms with Crippen LogP contribution in [0.25, 0.3) is 0 Å². The standard InChI is InChI=1S/C10H15N3O3S/c1-7-10(6-11-12-7)17(15,16)13-8-3-2-4-9(14)5-8/h2-5,7,10-14H,6H2,1H3. The van der Waals surface area contributed by atoms with Crippen LogP contribution in [0.15, 0.2) is 24.3 Å². The van der Waals surface area contributed by atoms with Gasteiger partial charge in [0.25, 0.3) is 0 Å². The Morgan fingerprint density at radius 2 is 2.24 bits per heavy atom. The Morgan fingerprint density at radius 3 is 2.82 bits per heavy atom. The molecule has 0 aromatic heterocycles. The third-order valence-electron chi connectivity index (χ3n) is 2.70. The normalized spacial score (nSPS) is 24.8. The molecule has 0 amide bonds. The number of anilines is 1. The minimum Gasteiger partial charge on any atom is -0.508 e. The van der Waals surface area contributed by atoms with Crippen molar-refractivity contribution in [1.29, 1.82) is 0 Å². The molecule has 0 bridgehead atoms. The molecule has 2 rings (SSSR count). The zero-order valence-electron chi connectivity index (χ0n) is 9.34. The molecule has 0 saturated carbocycles. The smallest absolute Gasteiger partial charge is 0.238 e. The van der Waals surface area contributed by atoms with Crippen LogP contribution in [-0.2, 0) is 10.0 Å². The van der Waals surface area contributed by atoms with Crippen LogP contribution in [-0.4, -0.2) is 31.4 Å². The van der Waals surface area contributed by atoms with E-state index in [1.54, 1.807) is 19.1 Å². The first-order valence-electron chi connectivity index (χ1n) is 5.28. The first kappa shape index (κ1) is 12.2. The Labute approximate surface area is 100 Å². The van der Waals surface area contributed by atoms with Gasteiger partial charge in [-0.05, 0) is 19.1 Å². The zero-order valence-corrected chi connectivity index (χ0v) is 10.2. The van der Waals surface area contributed by atoms with Crippen LogP contribution in [0.4, 0.5) is 5.69 Å². The maximum absolute atomic E-state index is 12.1. The number of benzene rings is 1. The molecule has 7 heteroatoms. The Morgan fingerprint density at radius 1 is 1.47 bits per heavy atom. The molecule has 4 N–H and O–H groups in total. The fourth-order valence-corrected chi connectivity index (χ4v) is 3.29. The van der Waals surface area contributed by atoms with E-state index >= 15 is 0 Å². The maximum atomic E-state index is 12.1. The SMILES string of the molecule is CC1NNCC1S(=O)(=O)Nc1cccc(O)c1. The lowest BCUT2D eigenvalue weighted by Gasteiger charge is -2.16. The van der Waals surface area contributed by atoms with Crippen molar-refractivity contribution in [3.05, 3.63) is 24.3 Å². The average Bonchev–Trinajstić information content (AvgIpc) is 2.64. The second-order valence-electron chi connectivity index (χ2n) is 4.05. The van der Waals surface area contributed by atoms with Gasteiger partial charge in [-0.2, -0.15) is 0 Å². The van der Waals surface area contributed by atoms with Gasteiger partial charge >= 0.3 is 0 Å². The summed E-state index contributed by atoms with van der Waals surface area (Å²) in [6, 6.07) is 5.88. The second-order valence-corrected chi connectivity index (χ2v) is 5.95. The molecular formula is C10H15N3O3S. The number of hydrogen-bond acceptors (Lipinski definition) is 5. The van der Waals surface area contributed by atoms with E-state index in [2.05, 4.69) is 15.6 Å². The predicted octanol–water partition coefficient (Wildman–Crippen LogP) is -0.00120. The summed E-state index contributed by atoms with van der Waals surface area (Å²) in [6.07, 6.45) is 0. The van der Waals surface area contributed by atoms with Gasteiger partial charge < -0.3 is 5.11 Å². The van der Waals surface area contributed by atoms with Crippen LogP contribution in [0.5, 0.6) is 5.75 Å². The van der Waals surface area contributed by atoms with Gasteiger partial charge in [-0.1, -0.05) is 6.07 Å². The molecule has 1 aliphatic heterocycles. The monoisotopic (exact) mass is 257 g/mol. The molecule has 0 radical (unpaired) electrons. The van der Waals surface area contributed by atoms with Crippen molar-refractivity contribution >= 4 is 15.7 Å². The molecular weight excluding hydrogens is 242 g/mol. The van der Waals surface area contributed by atoms with Crippen LogP contribution in [0.1, 0.15) is 6.92 Å². The van der Waals surface area contributed by atoms with Gasteiger partial charge in [0.1, 0.15) is 11.0 Å². The average molecular weight is 257 g/mol. The summed E-state index contributed by atoms with van der Waals surface area (Å²) < 4.78 is 26.6. The highest BCUT2D eigenvalue weighted by Crippen LogP contribution is 2.19. The van der Waals surface area contributed by atoms with Crippen molar-refractivity contribution in [2.45, 2.75) is 18.2 Å². The van der Waals surface area contributed by atoms with Crippen LogP contribution >= 0.6 is 0 Å². The lowest BCUT2D eigenvalue weighted by molar-refractivity contribution is 0.475. The highest BCUT2D eigenvalue weighted by atomic mass is 32.2. The van der Waals surface area contributed by atoms with Gasteiger partial charge in [-0.15, -0.1) is 0 Å². The summed E-state index contributed by atoms with van der Waals surface area (Å²) in [5, 5.41) is 8.73. The van der Waals surface area contributed by atoms with Crippen molar-refractivity contribution in [1.82, 2.24) is 10.9 Å². The van der Waals surface area contributed by atoms with E-state index in [1.165, 1.54) is 12.1 Å². The number of sulfonamides is 1. The molecule has 1 aromatic rings. The van der Waals surface area contributed by atoms with Crippen LogP contribution < -0.4 is 15.6 Å². The number of hydrazine groups is 1. The minimum atomic E-state index is -3.47. The number of nitrogens with one attached hydrogen (secondary N) is 3. The molecule has 94 valence electrons. The molecule has 2 unspecified atom stereocenters. The molecule has 1 saturated heterocycles. The number of aromatic hydroxyl groups is 1. The van der Waals surface area contributed by atoms with Gasteiger partial charge in [0.15, 0.2) is 0 Å². The summed E-state index contributed by atoms with van der Waals surface area (Å²) in [5.41, 5.74) is 6.03. The van der Waals surface area contributed by atoms with E-state index in [0.717, 1.165) is 0 Å². The van der Waals surface area contributed by atoms with Gasteiger partial charge in [-0.25, -0.2) is 8.42 Å². The molecule has 1 aliphatic rings. The highest BCUT2D eigenvalue weighted by Gasteiger charge is 2.34. The molecule has 0 aliphatic carbocycles. The molecule has 1 aromatic carbocycles. The Balaban J connectivity index is 2.17. The van der Waals surface area contributed by atoms with E-state index in [4.69, 9.17) is 0 Å². The number of rotatable bonds is 3. The second kappa shape index (κ2) is 4.52. The minimum absolute atomic E-state index is 0.0286. The van der Waals surface area contributed by atoms with E-state index in [1.807, 2.05) is 0 Å². The maximum Gasteiger partial charge on any atom is 0.238 e. The Kier molecular flexibility index (Phi) is 3.23. The topological polar surface area (TPSA) is 90.5 Å². The fraction of sp³-hybridized carbons (Fsp3) is 0.400. The molecule has 2 atom stereocenters. The fourth-order valence-electron chi connectivity index (χ4n) is 1.78. The first-order valence-corrected chi connectivity index (χ1v) is 6.83. The summed E-state index contributed by atoms with van der Waals surface area (Å²) in [6.45, 7) is 2.15. The third-order valence-corrected chi connectivity index (χ3v) is 4.59. The van der Waals surface area contributed by atoms with Gasteiger partial charge in [0.2, 0.25) is 10.0 Å². The Bertz CT molecular complexity index is 503. The molecule has 0 spiro atoms. The van der Waals surface area contributed by atoms with Crippen molar-refractivity contribution in [3.63, 3.8) is 0 Å². The summed E-state index contributed by atoms with van der Waals surface area (Å²) in [7, 11) is -3.47. The predicted molar refractivity (Wildman–Crippen MR) is 65.0 cm³/mol. The molecule has 6 nitrogen and oxygen atoms in total. The summed E-state index contributed by atoms with van der Waals surface area (Å²) in [4.78, 5) is 0. The lowest BCUT2D eigenvalue weighted by Crippen LogP contribution is -2.38. The van der Waals surface area contributed by atoms with E-state index in [0.29, 0.717) is 12.2 Å². The summed E-state index contributed by atoms with van der Waals surface area (Å²) >= 11 is 0. The van der Waals surface area contributed by atoms with Crippen molar-refractivity contribution < 1.29 is 13.5 Å². The quantitative estimate of drug-likeness (QED) is 0.612. The van der Waals surface area contributed by atoms with Gasteiger partial charge in [0, 0.05) is 18.7 Å². The van der Waals surface area contributed by atoms with Crippen molar-refractivity contribution in [2.24, 2.45) is 0 Å². The molecule has 1 heterocycles. The zero-order chi connectivity index (χ0) is 12.5. The summed E-state index contributed by atoms with van der Waals surface area (Å²) in [5.74, 6) is 0.0286. The molecule has 1 fully saturated rings. The van der Waals surface area contributed by atoms with Crippen LogP contribution in [0.3, 0.4) is 0 Å². The molecule has 17 heavy (non-hydrogen) atoms. The Hall–Kier alpha value is -1.31. The van der Waals surface area contributed by atoms with E-state index in [9.17, 15) is 13.5 Å². The lowest BCUT2D eigenvalue weighted by atomic mass is 10.3. The highest BCUT2D eigenvalue weighted by molar-refractivity contribution is 7.93. The largest absolute Gasteiger partial charge is 0.508 e. The van der Waals surface area contributed by atoms with Crippen LogP contribution in [0, 0.1) is 0 Å². The number of phenols is 1. The number of hydrogen-bond donors (Lipinski definition) is 4. The third kappa shape index (κ3) is 2.68. The van der Waals surface area contributed by atoms with Crippen molar-refractivity contribution in [2.75, 3.05) is 11.3 Å².